The molecule has 0 atom stereocenters. The van der Waals surface area contributed by atoms with Gasteiger partial charge in [0.2, 0.25) is 0 Å². The Kier molecular flexibility index (Phi) is 8.44. The van der Waals surface area contributed by atoms with Gasteiger partial charge in [0.05, 0.1) is 5.41 Å². The van der Waals surface area contributed by atoms with E-state index in [0.717, 1.165) is 27.8 Å². The Balaban J connectivity index is 0.999. The fraction of sp³-hybridized carbons (Fsp3) is 0.0161. The lowest BCUT2D eigenvalue weighted by Gasteiger charge is -2.34. The van der Waals surface area contributed by atoms with Gasteiger partial charge in [-0.25, -0.2) is 15.0 Å². The van der Waals surface area contributed by atoms with Crippen molar-refractivity contribution >= 4 is 32.3 Å². The minimum Gasteiger partial charge on any atom is -0.208 e. The molecule has 0 radical (unpaired) electrons. The van der Waals surface area contributed by atoms with Crippen molar-refractivity contribution < 1.29 is 0 Å². The minimum atomic E-state index is -0.556. The SMILES string of the molecule is c1ccc(-c2nc(-c3ccccc3)nc(-c3cccc(-c4ccc5c(c4)-c4ccc(-c6ccc7ccc8cccc9ccc6c7c89)cc4C5(c4ccccc4)c4ccccc4)c3)n2)cc1. The molecule has 0 fully saturated rings. The minimum absolute atomic E-state index is 0.556. The Labute approximate surface area is 377 Å². The largest absolute Gasteiger partial charge is 0.208 e. The molecule has 65 heavy (non-hydrogen) atoms. The molecule has 11 aromatic carbocycles. The number of hydrogen-bond donors (Lipinski definition) is 0. The van der Waals surface area contributed by atoms with Gasteiger partial charge in [-0.3, -0.25) is 0 Å². The lowest BCUT2D eigenvalue weighted by atomic mass is 9.67. The van der Waals surface area contributed by atoms with Crippen LogP contribution < -0.4 is 0 Å². The number of rotatable bonds is 7. The normalized spacial score (nSPS) is 12.7. The van der Waals surface area contributed by atoms with E-state index in [1.54, 1.807) is 0 Å². The van der Waals surface area contributed by atoms with Crippen LogP contribution >= 0.6 is 0 Å². The molecule has 0 saturated carbocycles. The lowest BCUT2D eigenvalue weighted by Crippen LogP contribution is -2.28. The quantitative estimate of drug-likeness (QED) is 0.150. The molecule has 12 aromatic rings. The van der Waals surface area contributed by atoms with Crippen LogP contribution in [0.2, 0.25) is 0 Å². The standard InChI is InChI=1S/C62H39N3/c1-5-15-43(16-6-1)59-63-60(44-17-7-2-8-18-44)65-61(64-59)48-22-14-21-45(37-48)46-32-36-55-54(38-46)52-34-31-47(39-56(52)62(55,49-23-9-3-10-24-49)50-25-11-4-12-26-50)51-33-29-42-28-27-40-19-13-20-41-30-35-53(51)58(42)57(40)41/h1-39H. The molecule has 0 spiro atoms. The van der Waals surface area contributed by atoms with Crippen molar-refractivity contribution in [3.63, 3.8) is 0 Å². The van der Waals surface area contributed by atoms with Gasteiger partial charge in [-0.05, 0) is 106 Å². The van der Waals surface area contributed by atoms with Crippen molar-refractivity contribution in [2.45, 2.75) is 5.41 Å². The highest BCUT2D eigenvalue weighted by Crippen LogP contribution is 2.57. The van der Waals surface area contributed by atoms with Crippen LogP contribution in [0, 0.1) is 0 Å². The van der Waals surface area contributed by atoms with Crippen molar-refractivity contribution in [2.75, 3.05) is 0 Å². The Bertz CT molecular complexity index is 3640. The summed E-state index contributed by atoms with van der Waals surface area (Å²) >= 11 is 0. The maximum Gasteiger partial charge on any atom is 0.164 e. The van der Waals surface area contributed by atoms with E-state index in [9.17, 15) is 0 Å². The van der Waals surface area contributed by atoms with Crippen LogP contribution in [0.15, 0.2) is 237 Å². The molecule has 0 bridgehead atoms. The average molecular weight is 826 g/mol. The highest BCUT2D eigenvalue weighted by Gasteiger charge is 2.46. The van der Waals surface area contributed by atoms with Crippen molar-refractivity contribution in [3.8, 4) is 67.5 Å². The molecule has 1 heterocycles. The van der Waals surface area contributed by atoms with E-state index in [2.05, 4.69) is 176 Å². The van der Waals surface area contributed by atoms with Crippen LogP contribution in [0.3, 0.4) is 0 Å². The number of nitrogens with zero attached hydrogens (tertiary/aromatic N) is 3. The fourth-order valence-corrected chi connectivity index (χ4v) is 10.6. The van der Waals surface area contributed by atoms with E-state index >= 15 is 0 Å². The second-order valence-electron chi connectivity index (χ2n) is 17.1. The summed E-state index contributed by atoms with van der Waals surface area (Å²) in [7, 11) is 0. The molecule has 0 amide bonds. The number of aromatic nitrogens is 3. The van der Waals surface area contributed by atoms with Crippen LogP contribution in [0.25, 0.3) is 99.9 Å². The predicted octanol–water partition coefficient (Wildman–Crippen LogP) is 15.5. The maximum absolute atomic E-state index is 5.06. The van der Waals surface area contributed by atoms with Crippen LogP contribution in [0.1, 0.15) is 22.3 Å². The van der Waals surface area contributed by atoms with Crippen molar-refractivity contribution in [1.82, 2.24) is 15.0 Å². The fourth-order valence-electron chi connectivity index (χ4n) is 10.6. The molecular formula is C62H39N3. The zero-order valence-electron chi connectivity index (χ0n) is 35.4. The summed E-state index contributed by atoms with van der Waals surface area (Å²) in [6.45, 7) is 0. The summed E-state index contributed by atoms with van der Waals surface area (Å²) in [4.78, 5) is 15.1. The molecule has 1 aromatic heterocycles. The Morgan fingerprint density at radius 2 is 0.738 bits per heavy atom. The molecule has 3 nitrogen and oxygen atoms in total. The monoisotopic (exact) mass is 825 g/mol. The summed E-state index contributed by atoms with van der Waals surface area (Å²) < 4.78 is 0. The molecule has 0 saturated heterocycles. The van der Waals surface area contributed by atoms with E-state index < -0.39 is 5.41 Å². The first kappa shape index (κ1) is 37.1. The van der Waals surface area contributed by atoms with Gasteiger partial charge in [0.15, 0.2) is 17.5 Å². The van der Waals surface area contributed by atoms with Crippen LogP contribution in [0.5, 0.6) is 0 Å². The second kappa shape index (κ2) is 14.8. The summed E-state index contributed by atoms with van der Waals surface area (Å²) in [5.41, 5.74) is 14.5. The smallest absolute Gasteiger partial charge is 0.164 e. The highest BCUT2D eigenvalue weighted by atomic mass is 15.0. The van der Waals surface area contributed by atoms with Crippen molar-refractivity contribution in [3.05, 3.63) is 259 Å². The first-order chi connectivity index (χ1) is 32.2. The van der Waals surface area contributed by atoms with E-state index in [1.165, 1.54) is 76.8 Å². The second-order valence-corrected chi connectivity index (χ2v) is 17.1. The summed E-state index contributed by atoms with van der Waals surface area (Å²) in [6, 6.07) is 85.7. The topological polar surface area (TPSA) is 38.7 Å². The average Bonchev–Trinajstić information content (AvgIpc) is 3.68. The van der Waals surface area contributed by atoms with Gasteiger partial charge in [-0.15, -0.1) is 0 Å². The third kappa shape index (κ3) is 5.86. The first-order valence-corrected chi connectivity index (χ1v) is 22.3. The van der Waals surface area contributed by atoms with Gasteiger partial charge in [0.25, 0.3) is 0 Å². The number of hydrogen-bond acceptors (Lipinski definition) is 3. The van der Waals surface area contributed by atoms with Crippen molar-refractivity contribution in [1.29, 1.82) is 0 Å². The van der Waals surface area contributed by atoms with Gasteiger partial charge >= 0.3 is 0 Å². The molecular weight excluding hydrogens is 787 g/mol. The Hall–Kier alpha value is -8.53. The zero-order valence-corrected chi connectivity index (χ0v) is 35.4. The van der Waals surface area contributed by atoms with Gasteiger partial charge in [0, 0.05) is 16.7 Å². The van der Waals surface area contributed by atoms with Crippen LogP contribution in [-0.4, -0.2) is 15.0 Å². The molecule has 302 valence electrons. The first-order valence-electron chi connectivity index (χ1n) is 22.3. The van der Waals surface area contributed by atoms with Crippen LogP contribution in [-0.2, 0) is 5.41 Å². The summed E-state index contributed by atoms with van der Waals surface area (Å²) in [5, 5.41) is 7.76. The molecule has 1 aliphatic rings. The predicted molar refractivity (Wildman–Crippen MR) is 268 cm³/mol. The van der Waals surface area contributed by atoms with Crippen LogP contribution in [0.4, 0.5) is 0 Å². The lowest BCUT2D eigenvalue weighted by molar-refractivity contribution is 0.769. The molecule has 13 rings (SSSR count). The molecule has 1 aliphatic carbocycles. The zero-order chi connectivity index (χ0) is 42.9. The van der Waals surface area contributed by atoms with Gasteiger partial charge < -0.3 is 0 Å². The molecule has 0 N–H and O–H groups in total. The highest BCUT2D eigenvalue weighted by molar-refractivity contribution is 6.25. The molecule has 0 unspecified atom stereocenters. The number of benzene rings is 11. The maximum atomic E-state index is 5.06. The van der Waals surface area contributed by atoms with E-state index in [0.29, 0.717) is 17.5 Å². The van der Waals surface area contributed by atoms with Crippen molar-refractivity contribution in [2.24, 2.45) is 0 Å². The van der Waals surface area contributed by atoms with Gasteiger partial charge in [-0.2, -0.15) is 0 Å². The Morgan fingerprint density at radius 3 is 1.38 bits per heavy atom. The van der Waals surface area contributed by atoms with Gasteiger partial charge in [-0.1, -0.05) is 218 Å². The van der Waals surface area contributed by atoms with E-state index in [4.69, 9.17) is 15.0 Å². The summed E-state index contributed by atoms with van der Waals surface area (Å²) in [5.74, 6) is 1.93. The molecule has 0 aliphatic heterocycles. The summed E-state index contributed by atoms with van der Waals surface area (Å²) in [6.07, 6.45) is 0. The third-order valence-electron chi connectivity index (χ3n) is 13.5. The third-order valence-corrected chi connectivity index (χ3v) is 13.5. The molecule has 3 heteroatoms. The van der Waals surface area contributed by atoms with Gasteiger partial charge in [0.1, 0.15) is 0 Å². The van der Waals surface area contributed by atoms with E-state index in [1.807, 2.05) is 60.7 Å². The number of fused-ring (bicyclic) bond motifs is 3. The Morgan fingerprint density at radius 1 is 0.262 bits per heavy atom. The van der Waals surface area contributed by atoms with E-state index in [-0.39, 0.29) is 0 Å².